The normalized spacial score (nSPS) is 11.8. The van der Waals surface area contributed by atoms with E-state index in [1.165, 1.54) is 6.92 Å². The van der Waals surface area contributed by atoms with E-state index in [1.54, 1.807) is 18.2 Å². The number of fused-ring (bicyclic) bond motifs is 1. The Morgan fingerprint density at radius 2 is 1.79 bits per heavy atom. The molecule has 0 aliphatic rings. The van der Waals surface area contributed by atoms with E-state index < -0.39 is 24.5 Å². The van der Waals surface area contributed by atoms with Gasteiger partial charge in [-0.2, -0.15) is 0 Å². The van der Waals surface area contributed by atoms with Crippen LogP contribution in [0.1, 0.15) is 18.2 Å². The second-order valence-electron chi connectivity index (χ2n) is 6.38. The third kappa shape index (κ3) is 5.03. The number of ketones is 1. The lowest BCUT2D eigenvalue weighted by Crippen LogP contribution is -2.43. The van der Waals surface area contributed by atoms with Gasteiger partial charge in [0.15, 0.2) is 18.0 Å². The molecule has 0 radical (unpaired) electrons. The maximum absolute atomic E-state index is 12.1. The fraction of sp³-hybridized carbons (Fsp3) is 0.238. The summed E-state index contributed by atoms with van der Waals surface area (Å²) in [6.45, 7) is 0.947. The number of carbonyl (C=O) groups is 3. The van der Waals surface area contributed by atoms with Crippen molar-refractivity contribution in [1.82, 2.24) is 10.5 Å². The number of aromatic nitrogens is 1. The van der Waals surface area contributed by atoms with E-state index >= 15 is 0 Å². The van der Waals surface area contributed by atoms with Crippen molar-refractivity contribution in [2.45, 2.75) is 25.8 Å². The van der Waals surface area contributed by atoms with Gasteiger partial charge in [0, 0.05) is 5.39 Å². The van der Waals surface area contributed by atoms with E-state index in [0.717, 1.165) is 10.9 Å². The quantitative estimate of drug-likeness (QED) is 0.602. The number of benzene rings is 2. The van der Waals surface area contributed by atoms with Crippen LogP contribution in [0.3, 0.4) is 0 Å². The largest absolute Gasteiger partial charge is 0.455 e. The molecule has 0 unspecified atom stereocenters. The fourth-order valence-corrected chi connectivity index (χ4v) is 2.78. The van der Waals surface area contributed by atoms with Crippen molar-refractivity contribution in [3.8, 4) is 0 Å². The Morgan fingerprint density at radius 1 is 1.07 bits per heavy atom. The molecule has 1 amide bonds. The zero-order chi connectivity index (χ0) is 19.9. The third-order valence-corrected chi connectivity index (χ3v) is 4.24. The monoisotopic (exact) mass is 380 g/mol. The van der Waals surface area contributed by atoms with Crippen molar-refractivity contribution in [2.24, 2.45) is 0 Å². The number of rotatable bonds is 8. The zero-order valence-electron chi connectivity index (χ0n) is 15.4. The molecule has 28 heavy (non-hydrogen) atoms. The molecule has 0 aliphatic carbocycles. The average molecular weight is 380 g/mol. The molecule has 7 nitrogen and oxygen atoms in total. The van der Waals surface area contributed by atoms with Crippen molar-refractivity contribution in [2.75, 3.05) is 6.61 Å². The summed E-state index contributed by atoms with van der Waals surface area (Å²) in [5, 5.41) is 7.19. The lowest BCUT2D eigenvalue weighted by atomic mass is 10.0. The second kappa shape index (κ2) is 8.94. The molecule has 144 valence electrons. The first-order valence-corrected chi connectivity index (χ1v) is 8.85. The van der Waals surface area contributed by atoms with Crippen LogP contribution in [0, 0.1) is 0 Å². The minimum absolute atomic E-state index is 0.107. The molecule has 0 aliphatic heterocycles. The van der Waals surface area contributed by atoms with Crippen molar-refractivity contribution >= 4 is 28.6 Å². The highest BCUT2D eigenvalue weighted by Crippen LogP contribution is 2.18. The lowest BCUT2D eigenvalue weighted by molar-refractivity contribution is -0.148. The Kier molecular flexibility index (Phi) is 6.16. The summed E-state index contributed by atoms with van der Waals surface area (Å²) in [5.74, 6) is -1.30. The van der Waals surface area contributed by atoms with Crippen LogP contribution in [-0.4, -0.2) is 35.5 Å². The second-order valence-corrected chi connectivity index (χ2v) is 6.38. The molecule has 1 heterocycles. The molecule has 0 fully saturated rings. The van der Waals surface area contributed by atoms with E-state index in [1.807, 2.05) is 36.4 Å². The summed E-state index contributed by atoms with van der Waals surface area (Å²) in [6.07, 6.45) is 0.269. The summed E-state index contributed by atoms with van der Waals surface area (Å²) in [5.41, 5.74) is 1.96. The first kappa shape index (κ1) is 19.3. The molecule has 1 aromatic heterocycles. The van der Waals surface area contributed by atoms with Gasteiger partial charge >= 0.3 is 5.97 Å². The Bertz CT molecular complexity index is 981. The molecule has 3 aromatic rings. The number of hydrogen-bond acceptors (Lipinski definition) is 6. The van der Waals surface area contributed by atoms with Gasteiger partial charge in [-0.1, -0.05) is 47.6 Å². The molecule has 0 saturated heterocycles. The standard InChI is InChI=1S/C21H20N2O5/c1-14(24)17(11-15-7-3-2-4-8-15)22-20(25)13-27-21(26)12-18-16-9-5-6-10-19(16)28-23-18/h2-10,17H,11-13H2,1H3,(H,22,25)/t17-/m0/s1. The number of nitrogens with one attached hydrogen (secondary N) is 1. The number of Topliss-reactive ketones (excluding diaryl/α,β-unsaturated/α-hetero) is 1. The predicted octanol–water partition coefficient (Wildman–Crippen LogP) is 2.23. The molecule has 0 saturated carbocycles. The van der Waals surface area contributed by atoms with E-state index in [9.17, 15) is 14.4 Å². The van der Waals surface area contributed by atoms with Crippen molar-refractivity contribution in [3.05, 3.63) is 65.9 Å². The lowest BCUT2D eigenvalue weighted by Gasteiger charge is -2.16. The molecular weight excluding hydrogens is 360 g/mol. The highest BCUT2D eigenvalue weighted by atomic mass is 16.5. The third-order valence-electron chi connectivity index (χ3n) is 4.24. The van der Waals surface area contributed by atoms with E-state index in [0.29, 0.717) is 17.7 Å². The van der Waals surface area contributed by atoms with Gasteiger partial charge in [0.1, 0.15) is 5.69 Å². The first-order valence-electron chi connectivity index (χ1n) is 8.85. The topological polar surface area (TPSA) is 98.5 Å². The van der Waals surface area contributed by atoms with Crippen LogP contribution in [0.4, 0.5) is 0 Å². The molecular formula is C21H20N2O5. The number of carbonyl (C=O) groups excluding carboxylic acids is 3. The summed E-state index contributed by atoms with van der Waals surface area (Å²) >= 11 is 0. The molecule has 0 spiro atoms. The van der Waals surface area contributed by atoms with Gasteiger partial charge in [-0.05, 0) is 31.0 Å². The smallest absolute Gasteiger partial charge is 0.312 e. The van der Waals surface area contributed by atoms with Crippen LogP contribution in [-0.2, 0) is 32.0 Å². The number of para-hydroxylation sites is 1. The van der Waals surface area contributed by atoms with Crippen LogP contribution in [0.5, 0.6) is 0 Å². The number of amides is 1. The maximum atomic E-state index is 12.1. The molecule has 3 rings (SSSR count). The van der Waals surface area contributed by atoms with Crippen LogP contribution in [0.25, 0.3) is 11.0 Å². The molecule has 1 N–H and O–H groups in total. The maximum Gasteiger partial charge on any atom is 0.312 e. The highest BCUT2D eigenvalue weighted by molar-refractivity contribution is 5.89. The van der Waals surface area contributed by atoms with Gasteiger partial charge in [-0.15, -0.1) is 0 Å². The Balaban J connectivity index is 1.51. The zero-order valence-corrected chi connectivity index (χ0v) is 15.4. The van der Waals surface area contributed by atoms with Gasteiger partial charge in [-0.25, -0.2) is 0 Å². The minimum atomic E-state index is -0.673. The van der Waals surface area contributed by atoms with Gasteiger partial charge in [0.25, 0.3) is 5.91 Å². The SMILES string of the molecule is CC(=O)[C@H](Cc1ccccc1)NC(=O)COC(=O)Cc1noc2ccccc12. The van der Waals surface area contributed by atoms with Gasteiger partial charge in [-0.3, -0.25) is 14.4 Å². The van der Waals surface area contributed by atoms with Crippen LogP contribution in [0.2, 0.25) is 0 Å². The van der Waals surface area contributed by atoms with E-state index in [2.05, 4.69) is 10.5 Å². The van der Waals surface area contributed by atoms with Gasteiger partial charge in [0.2, 0.25) is 0 Å². The molecule has 1 atom stereocenters. The average Bonchev–Trinajstić information content (AvgIpc) is 3.09. The Morgan fingerprint density at radius 3 is 2.54 bits per heavy atom. The fourth-order valence-electron chi connectivity index (χ4n) is 2.78. The molecule has 2 aromatic carbocycles. The van der Waals surface area contributed by atoms with Crippen LogP contribution in [0.15, 0.2) is 59.1 Å². The molecule has 7 heteroatoms. The number of esters is 1. The number of hydrogen-bond donors (Lipinski definition) is 1. The molecule has 0 bridgehead atoms. The Hall–Kier alpha value is -3.48. The number of ether oxygens (including phenoxy) is 1. The predicted molar refractivity (Wildman–Crippen MR) is 101 cm³/mol. The van der Waals surface area contributed by atoms with Crippen molar-refractivity contribution in [1.29, 1.82) is 0 Å². The van der Waals surface area contributed by atoms with Crippen molar-refractivity contribution in [3.63, 3.8) is 0 Å². The van der Waals surface area contributed by atoms with Gasteiger partial charge < -0.3 is 14.6 Å². The van der Waals surface area contributed by atoms with Crippen LogP contribution >= 0.6 is 0 Å². The summed E-state index contributed by atoms with van der Waals surface area (Å²) in [4.78, 5) is 35.9. The Labute approximate surface area is 161 Å². The summed E-state index contributed by atoms with van der Waals surface area (Å²) in [7, 11) is 0. The minimum Gasteiger partial charge on any atom is -0.455 e. The number of nitrogens with zero attached hydrogens (tertiary/aromatic N) is 1. The highest BCUT2D eigenvalue weighted by Gasteiger charge is 2.19. The van der Waals surface area contributed by atoms with Crippen molar-refractivity contribution < 1.29 is 23.6 Å². The van der Waals surface area contributed by atoms with Gasteiger partial charge in [0.05, 0.1) is 12.5 Å². The van der Waals surface area contributed by atoms with E-state index in [-0.39, 0.29) is 12.2 Å². The van der Waals surface area contributed by atoms with Crippen LogP contribution < -0.4 is 5.32 Å². The summed E-state index contributed by atoms with van der Waals surface area (Å²) in [6, 6.07) is 15.9. The van der Waals surface area contributed by atoms with E-state index in [4.69, 9.17) is 9.26 Å². The summed E-state index contributed by atoms with van der Waals surface area (Å²) < 4.78 is 10.1. The first-order chi connectivity index (χ1) is 13.5.